The van der Waals surface area contributed by atoms with Crippen molar-refractivity contribution < 1.29 is 37.1 Å². The van der Waals surface area contributed by atoms with Crippen LogP contribution in [-0.4, -0.2) is 43.0 Å². The lowest BCUT2D eigenvalue weighted by molar-refractivity contribution is -0.167. The minimum Gasteiger partial charge on any atom is -0.466 e. The van der Waals surface area contributed by atoms with Crippen molar-refractivity contribution in [2.75, 3.05) is 24.2 Å². The summed E-state index contributed by atoms with van der Waals surface area (Å²) in [5, 5.41) is 6.99. The maximum atomic E-state index is 12.5. The number of rotatable bonds is 9. The molecule has 0 aliphatic heterocycles. The summed E-state index contributed by atoms with van der Waals surface area (Å²) in [5.41, 5.74) is 5.36. The molecule has 9 nitrogen and oxygen atoms in total. The van der Waals surface area contributed by atoms with Gasteiger partial charge in [-0.1, -0.05) is 23.2 Å². The number of hydrogen-bond acceptors (Lipinski definition) is 6. The Hall–Kier alpha value is -3.51. The number of hydrogen-bond donors (Lipinski definition) is 4. The van der Waals surface area contributed by atoms with E-state index in [1.165, 1.54) is 18.2 Å². The highest BCUT2D eigenvalue weighted by Gasteiger charge is 2.38. The first-order chi connectivity index (χ1) is 16.8. The van der Waals surface area contributed by atoms with Gasteiger partial charge in [0.05, 0.1) is 25.6 Å². The van der Waals surface area contributed by atoms with Gasteiger partial charge in [-0.2, -0.15) is 13.2 Å². The van der Waals surface area contributed by atoms with Crippen LogP contribution >= 0.6 is 23.2 Å². The Balaban J connectivity index is 2.09. The molecule has 0 aliphatic rings. The van der Waals surface area contributed by atoms with Crippen LogP contribution in [-0.2, 0) is 19.1 Å². The molecular formula is C22H21Cl2F3N4O5. The molecule has 1 atom stereocenters. The molecule has 3 amide bonds. The number of alkyl halides is 3. The molecule has 2 rings (SSSR count). The first kappa shape index (κ1) is 28.7. The highest BCUT2D eigenvalue weighted by molar-refractivity contribution is 6.34. The van der Waals surface area contributed by atoms with Gasteiger partial charge in [-0.05, 0) is 48.9 Å². The van der Waals surface area contributed by atoms with Gasteiger partial charge in [0.25, 0.3) is 5.91 Å². The fourth-order valence-corrected chi connectivity index (χ4v) is 3.52. The van der Waals surface area contributed by atoms with Gasteiger partial charge in [0.1, 0.15) is 0 Å². The normalized spacial score (nSPS) is 11.8. The first-order valence-corrected chi connectivity index (χ1v) is 11.0. The Morgan fingerprint density at radius 1 is 1.03 bits per heavy atom. The third-order valence-corrected chi connectivity index (χ3v) is 4.88. The highest BCUT2D eigenvalue weighted by atomic mass is 35.5. The van der Waals surface area contributed by atoms with E-state index in [-0.39, 0.29) is 40.0 Å². The zero-order chi connectivity index (χ0) is 27.0. The van der Waals surface area contributed by atoms with Crippen LogP contribution < -0.4 is 21.7 Å². The van der Waals surface area contributed by atoms with E-state index in [1.54, 1.807) is 12.2 Å². The van der Waals surface area contributed by atoms with E-state index >= 15 is 0 Å². The third-order valence-electron chi connectivity index (χ3n) is 4.44. The van der Waals surface area contributed by atoms with Crippen LogP contribution in [0.25, 0.3) is 0 Å². The summed E-state index contributed by atoms with van der Waals surface area (Å²) < 4.78 is 42.4. The minimum absolute atomic E-state index is 0.100. The Kier molecular flexibility index (Phi) is 9.93. The van der Waals surface area contributed by atoms with E-state index in [9.17, 15) is 32.3 Å². The van der Waals surface area contributed by atoms with Gasteiger partial charge < -0.3 is 26.4 Å². The van der Waals surface area contributed by atoms with E-state index in [2.05, 4.69) is 10.6 Å². The first-order valence-electron chi connectivity index (χ1n) is 10.3. The number of nitrogens with one attached hydrogen (secondary N) is 3. The fourth-order valence-electron chi connectivity index (χ4n) is 2.98. The molecule has 0 aromatic heterocycles. The van der Waals surface area contributed by atoms with E-state index < -0.39 is 42.5 Å². The molecule has 2 aromatic carbocycles. The zero-order valence-corrected chi connectivity index (χ0v) is 20.2. The van der Waals surface area contributed by atoms with Crippen molar-refractivity contribution in [1.29, 1.82) is 0 Å². The molecule has 0 spiro atoms. The number of anilines is 2. The van der Waals surface area contributed by atoms with Crippen molar-refractivity contribution >= 4 is 58.3 Å². The van der Waals surface area contributed by atoms with Gasteiger partial charge >= 0.3 is 18.1 Å². The Bertz CT molecular complexity index is 1140. The van der Waals surface area contributed by atoms with Crippen molar-refractivity contribution in [3.8, 4) is 0 Å². The molecule has 36 heavy (non-hydrogen) atoms. The summed E-state index contributed by atoms with van der Waals surface area (Å²) in [6.07, 6.45) is -5.39. The van der Waals surface area contributed by atoms with Crippen LogP contribution in [0.4, 0.5) is 24.5 Å². The molecule has 194 valence electrons. The molecule has 0 aliphatic carbocycles. The van der Waals surface area contributed by atoms with Crippen molar-refractivity contribution in [2.24, 2.45) is 0 Å². The largest absolute Gasteiger partial charge is 0.471 e. The number of esters is 1. The Morgan fingerprint density at radius 2 is 1.67 bits per heavy atom. The zero-order valence-electron chi connectivity index (χ0n) is 18.7. The molecule has 1 unspecified atom stereocenters. The summed E-state index contributed by atoms with van der Waals surface area (Å²) >= 11 is 12.0. The second-order valence-corrected chi connectivity index (χ2v) is 8.18. The summed E-state index contributed by atoms with van der Waals surface area (Å²) in [4.78, 5) is 48.1. The molecule has 0 fully saturated rings. The van der Waals surface area contributed by atoms with E-state index in [1.807, 2.05) is 0 Å². The molecule has 0 saturated heterocycles. The van der Waals surface area contributed by atoms with Gasteiger partial charge in [-0.15, -0.1) is 0 Å². The Labute approximate surface area is 213 Å². The Morgan fingerprint density at radius 3 is 2.25 bits per heavy atom. The standard InChI is InChI=1S/C22H21Cl2F3N4O5/c1-2-36-19(33)9-17(11-3-13(23)7-14(24)4-11)31-18(32)10-29-20(34)12-5-15(28)8-16(6-12)30-21(35)22(25,26)27/h3-8,17H,2,9-10,28H2,1H3,(H,29,34)(H,30,35)(H,31,32). The second kappa shape index (κ2) is 12.5. The molecule has 0 bridgehead atoms. The van der Waals surface area contributed by atoms with Crippen LogP contribution in [0.15, 0.2) is 36.4 Å². The van der Waals surface area contributed by atoms with Gasteiger partial charge in [-0.3, -0.25) is 19.2 Å². The molecule has 0 heterocycles. The van der Waals surface area contributed by atoms with E-state index in [0.717, 1.165) is 18.2 Å². The molecule has 2 aromatic rings. The van der Waals surface area contributed by atoms with Crippen molar-refractivity contribution in [2.45, 2.75) is 25.6 Å². The fraction of sp³-hybridized carbons (Fsp3) is 0.273. The molecule has 5 N–H and O–H groups in total. The minimum atomic E-state index is -5.14. The quantitative estimate of drug-likeness (QED) is 0.279. The topological polar surface area (TPSA) is 140 Å². The van der Waals surface area contributed by atoms with Crippen LogP contribution in [0.5, 0.6) is 0 Å². The highest BCUT2D eigenvalue weighted by Crippen LogP contribution is 2.26. The summed E-state index contributed by atoms with van der Waals surface area (Å²) in [6.45, 7) is 1.18. The van der Waals surface area contributed by atoms with Gasteiger partial charge in [0, 0.05) is 27.0 Å². The van der Waals surface area contributed by atoms with Crippen molar-refractivity contribution in [3.63, 3.8) is 0 Å². The lowest BCUT2D eigenvalue weighted by atomic mass is 10.0. The van der Waals surface area contributed by atoms with Crippen molar-refractivity contribution in [1.82, 2.24) is 10.6 Å². The van der Waals surface area contributed by atoms with Crippen LogP contribution in [0, 0.1) is 0 Å². The van der Waals surface area contributed by atoms with Crippen molar-refractivity contribution in [3.05, 3.63) is 57.6 Å². The van der Waals surface area contributed by atoms with E-state index in [4.69, 9.17) is 33.7 Å². The lowest BCUT2D eigenvalue weighted by Gasteiger charge is -2.19. The lowest BCUT2D eigenvalue weighted by Crippen LogP contribution is -2.39. The second-order valence-electron chi connectivity index (χ2n) is 7.31. The number of carbonyl (C=O) groups excluding carboxylic acids is 4. The number of nitrogen functional groups attached to an aromatic ring is 1. The average molecular weight is 549 g/mol. The molecular weight excluding hydrogens is 528 g/mol. The van der Waals surface area contributed by atoms with Crippen LogP contribution in [0.3, 0.4) is 0 Å². The van der Waals surface area contributed by atoms with Gasteiger partial charge in [0.15, 0.2) is 0 Å². The maximum Gasteiger partial charge on any atom is 0.471 e. The van der Waals surface area contributed by atoms with Crippen LogP contribution in [0.2, 0.25) is 10.0 Å². The number of halogens is 5. The summed E-state index contributed by atoms with van der Waals surface area (Å²) in [5.74, 6) is -4.40. The SMILES string of the molecule is CCOC(=O)CC(NC(=O)CNC(=O)c1cc(N)cc(NC(=O)C(F)(F)F)c1)c1cc(Cl)cc(Cl)c1. The number of carbonyl (C=O) groups is 4. The number of ether oxygens (including phenoxy) is 1. The van der Waals surface area contributed by atoms with E-state index in [0.29, 0.717) is 5.56 Å². The monoisotopic (exact) mass is 548 g/mol. The predicted molar refractivity (Wildman–Crippen MR) is 126 cm³/mol. The molecule has 14 heteroatoms. The maximum absolute atomic E-state index is 12.5. The number of amides is 3. The molecule has 0 radical (unpaired) electrons. The summed E-state index contributed by atoms with van der Waals surface area (Å²) in [6, 6.07) is 6.72. The predicted octanol–water partition coefficient (Wildman–Crippen LogP) is 3.62. The summed E-state index contributed by atoms with van der Waals surface area (Å²) in [7, 11) is 0. The van der Waals surface area contributed by atoms with Gasteiger partial charge in [0.2, 0.25) is 5.91 Å². The smallest absolute Gasteiger partial charge is 0.466 e. The number of nitrogens with two attached hydrogens (primary N) is 1. The third kappa shape index (κ3) is 8.93. The average Bonchev–Trinajstić information content (AvgIpc) is 2.75. The van der Waals surface area contributed by atoms with Crippen LogP contribution in [0.1, 0.15) is 35.3 Å². The number of benzene rings is 2. The molecule has 0 saturated carbocycles. The van der Waals surface area contributed by atoms with Gasteiger partial charge in [-0.25, -0.2) is 0 Å².